The van der Waals surface area contributed by atoms with Crippen LogP contribution in [0, 0.1) is 0 Å². The number of ether oxygens (including phenoxy) is 2. The molecule has 1 heterocycles. The number of anilines is 1. The van der Waals surface area contributed by atoms with Crippen molar-refractivity contribution >= 4 is 11.8 Å². The molecule has 5 heteroatoms. The van der Waals surface area contributed by atoms with E-state index in [0.29, 0.717) is 18.8 Å². The Bertz CT molecular complexity index is 523. The summed E-state index contributed by atoms with van der Waals surface area (Å²) in [4.78, 5) is 13.9. The van der Waals surface area contributed by atoms with Crippen molar-refractivity contribution in [1.82, 2.24) is 4.90 Å². The van der Waals surface area contributed by atoms with Gasteiger partial charge >= 0.3 is 6.09 Å². The molecule has 1 amide bonds. The van der Waals surface area contributed by atoms with E-state index >= 15 is 0 Å². The van der Waals surface area contributed by atoms with Crippen molar-refractivity contribution in [3.63, 3.8) is 0 Å². The fourth-order valence-electron chi connectivity index (χ4n) is 2.57. The summed E-state index contributed by atoms with van der Waals surface area (Å²) in [5, 5.41) is 0. The first-order valence-corrected chi connectivity index (χ1v) is 7.21. The van der Waals surface area contributed by atoms with Crippen LogP contribution in [0.5, 0.6) is 5.75 Å². The average molecular weight is 292 g/mol. The van der Waals surface area contributed by atoms with E-state index in [0.717, 1.165) is 17.7 Å². The van der Waals surface area contributed by atoms with Crippen LogP contribution in [-0.2, 0) is 4.74 Å². The first-order chi connectivity index (χ1) is 9.80. The molecular formula is C16H24N2O3. The first kappa shape index (κ1) is 15.5. The minimum atomic E-state index is -0.464. The Morgan fingerprint density at radius 2 is 2.10 bits per heavy atom. The van der Waals surface area contributed by atoms with E-state index in [9.17, 15) is 4.79 Å². The summed E-state index contributed by atoms with van der Waals surface area (Å²) in [6, 6.07) is 5.68. The highest BCUT2D eigenvalue weighted by Crippen LogP contribution is 2.35. The third-order valence-electron chi connectivity index (χ3n) is 3.54. The van der Waals surface area contributed by atoms with Crippen molar-refractivity contribution in [3.8, 4) is 5.75 Å². The first-order valence-electron chi connectivity index (χ1n) is 7.21. The number of rotatable bonds is 2. The molecule has 21 heavy (non-hydrogen) atoms. The van der Waals surface area contributed by atoms with Crippen LogP contribution in [0.15, 0.2) is 18.2 Å². The normalized spacial score (nSPS) is 18.7. The SMILES string of the molecule is COc1cc(N)ccc1[C@@H]1CCN(C(=O)OC(C)(C)C)C1. The van der Waals surface area contributed by atoms with Crippen LogP contribution >= 0.6 is 0 Å². The van der Waals surface area contributed by atoms with Gasteiger partial charge in [-0.15, -0.1) is 0 Å². The van der Waals surface area contributed by atoms with Gasteiger partial charge in [0.15, 0.2) is 0 Å². The lowest BCUT2D eigenvalue weighted by Gasteiger charge is -2.24. The number of carbonyl (C=O) groups is 1. The maximum atomic E-state index is 12.1. The van der Waals surface area contributed by atoms with E-state index in [1.165, 1.54) is 0 Å². The van der Waals surface area contributed by atoms with Crippen molar-refractivity contribution in [2.75, 3.05) is 25.9 Å². The molecule has 0 unspecified atom stereocenters. The third-order valence-corrected chi connectivity index (χ3v) is 3.54. The summed E-state index contributed by atoms with van der Waals surface area (Å²) in [6.07, 6.45) is 0.652. The highest BCUT2D eigenvalue weighted by molar-refractivity contribution is 5.68. The van der Waals surface area contributed by atoms with E-state index in [-0.39, 0.29) is 12.0 Å². The minimum absolute atomic E-state index is 0.251. The van der Waals surface area contributed by atoms with Gasteiger partial charge in [-0.3, -0.25) is 0 Å². The smallest absolute Gasteiger partial charge is 0.410 e. The van der Waals surface area contributed by atoms with Gasteiger partial charge in [0.25, 0.3) is 0 Å². The van der Waals surface area contributed by atoms with Crippen molar-refractivity contribution in [1.29, 1.82) is 0 Å². The summed E-state index contributed by atoms with van der Waals surface area (Å²) in [5.74, 6) is 1.04. The van der Waals surface area contributed by atoms with E-state index in [1.807, 2.05) is 39.0 Å². The molecule has 0 radical (unpaired) electrons. The molecule has 0 spiro atoms. The third kappa shape index (κ3) is 3.80. The highest BCUT2D eigenvalue weighted by atomic mass is 16.6. The molecule has 1 atom stereocenters. The van der Waals surface area contributed by atoms with Gasteiger partial charge in [0.2, 0.25) is 0 Å². The zero-order valence-electron chi connectivity index (χ0n) is 13.2. The molecule has 0 saturated carbocycles. The Morgan fingerprint density at radius 3 is 2.71 bits per heavy atom. The molecule has 1 aliphatic rings. The predicted octanol–water partition coefficient (Wildman–Crippen LogP) is 3.00. The van der Waals surface area contributed by atoms with Gasteiger partial charge in [-0.25, -0.2) is 4.79 Å². The maximum absolute atomic E-state index is 12.1. The van der Waals surface area contributed by atoms with Gasteiger partial charge in [-0.05, 0) is 38.8 Å². The van der Waals surface area contributed by atoms with Crippen molar-refractivity contribution in [2.45, 2.75) is 38.7 Å². The molecule has 2 N–H and O–H groups in total. The van der Waals surface area contributed by atoms with Crippen molar-refractivity contribution < 1.29 is 14.3 Å². The van der Waals surface area contributed by atoms with Gasteiger partial charge in [0, 0.05) is 30.8 Å². The summed E-state index contributed by atoms with van der Waals surface area (Å²) >= 11 is 0. The van der Waals surface area contributed by atoms with Gasteiger partial charge in [-0.2, -0.15) is 0 Å². The number of nitrogen functional groups attached to an aromatic ring is 1. The Kier molecular flexibility index (Phi) is 4.30. The van der Waals surface area contributed by atoms with Crippen LogP contribution in [0.3, 0.4) is 0 Å². The number of benzene rings is 1. The monoisotopic (exact) mass is 292 g/mol. The lowest BCUT2D eigenvalue weighted by atomic mass is 9.97. The minimum Gasteiger partial charge on any atom is -0.496 e. The summed E-state index contributed by atoms with van der Waals surface area (Å²) in [7, 11) is 1.64. The molecule has 1 aliphatic heterocycles. The number of nitrogens with two attached hydrogens (primary N) is 1. The second-order valence-electron chi connectivity index (χ2n) is 6.41. The van der Waals surface area contributed by atoms with E-state index in [2.05, 4.69) is 0 Å². The zero-order valence-corrected chi connectivity index (χ0v) is 13.2. The molecule has 5 nitrogen and oxygen atoms in total. The van der Waals surface area contributed by atoms with Crippen LogP contribution in [0.2, 0.25) is 0 Å². The van der Waals surface area contributed by atoms with E-state index in [1.54, 1.807) is 12.0 Å². The van der Waals surface area contributed by atoms with Crippen LogP contribution in [0.1, 0.15) is 38.7 Å². The van der Waals surface area contributed by atoms with Gasteiger partial charge in [0.05, 0.1) is 7.11 Å². The fourth-order valence-corrected chi connectivity index (χ4v) is 2.57. The molecule has 2 rings (SSSR count). The molecule has 0 aliphatic carbocycles. The largest absolute Gasteiger partial charge is 0.496 e. The Morgan fingerprint density at radius 1 is 1.38 bits per heavy atom. The number of hydrogen-bond donors (Lipinski definition) is 1. The quantitative estimate of drug-likeness (QED) is 0.851. The van der Waals surface area contributed by atoms with Crippen LogP contribution in [-0.4, -0.2) is 36.8 Å². The Balaban J connectivity index is 2.07. The van der Waals surface area contributed by atoms with Crippen LogP contribution in [0.25, 0.3) is 0 Å². The number of methoxy groups -OCH3 is 1. The van der Waals surface area contributed by atoms with Gasteiger partial charge in [0.1, 0.15) is 11.4 Å². The Labute approximate surface area is 126 Å². The van der Waals surface area contributed by atoms with Crippen LogP contribution < -0.4 is 10.5 Å². The highest BCUT2D eigenvalue weighted by Gasteiger charge is 2.31. The van der Waals surface area contributed by atoms with Crippen LogP contribution in [0.4, 0.5) is 10.5 Å². The molecule has 0 bridgehead atoms. The van der Waals surface area contributed by atoms with E-state index in [4.69, 9.17) is 15.2 Å². The lowest BCUT2D eigenvalue weighted by Crippen LogP contribution is -2.35. The number of amides is 1. The molecule has 1 aromatic carbocycles. The summed E-state index contributed by atoms with van der Waals surface area (Å²) in [6.45, 7) is 6.98. The molecule has 116 valence electrons. The average Bonchev–Trinajstić information content (AvgIpc) is 2.86. The fraction of sp³-hybridized carbons (Fsp3) is 0.562. The number of hydrogen-bond acceptors (Lipinski definition) is 4. The predicted molar refractivity (Wildman–Crippen MR) is 82.6 cm³/mol. The van der Waals surface area contributed by atoms with E-state index < -0.39 is 5.60 Å². The number of likely N-dealkylation sites (tertiary alicyclic amines) is 1. The Hall–Kier alpha value is -1.91. The van der Waals surface area contributed by atoms with Crippen molar-refractivity contribution in [3.05, 3.63) is 23.8 Å². The van der Waals surface area contributed by atoms with Gasteiger partial charge in [-0.1, -0.05) is 6.07 Å². The number of nitrogens with zero attached hydrogens (tertiary/aromatic N) is 1. The second-order valence-corrected chi connectivity index (χ2v) is 6.41. The standard InChI is InChI=1S/C16H24N2O3/c1-16(2,3)21-15(19)18-8-7-11(10-18)13-6-5-12(17)9-14(13)20-4/h5-6,9,11H,7-8,10,17H2,1-4H3/t11-/m1/s1. The maximum Gasteiger partial charge on any atom is 0.410 e. The lowest BCUT2D eigenvalue weighted by molar-refractivity contribution is 0.0292. The molecule has 1 saturated heterocycles. The van der Waals surface area contributed by atoms with Crippen molar-refractivity contribution in [2.24, 2.45) is 0 Å². The molecule has 1 aromatic rings. The molecule has 0 aromatic heterocycles. The van der Waals surface area contributed by atoms with Gasteiger partial charge < -0.3 is 20.1 Å². The second kappa shape index (κ2) is 5.84. The molecular weight excluding hydrogens is 268 g/mol. The zero-order chi connectivity index (χ0) is 15.6. The summed E-state index contributed by atoms with van der Waals surface area (Å²) < 4.78 is 10.8. The molecule has 1 fully saturated rings. The number of carbonyl (C=O) groups excluding carboxylic acids is 1. The topological polar surface area (TPSA) is 64.8 Å². The summed E-state index contributed by atoms with van der Waals surface area (Å²) in [5.41, 5.74) is 7.09.